The predicted molar refractivity (Wildman–Crippen MR) is 107 cm³/mol. The summed E-state index contributed by atoms with van der Waals surface area (Å²) in [6.45, 7) is 5.34. The van der Waals surface area contributed by atoms with Gasteiger partial charge in [0.15, 0.2) is 5.78 Å². The van der Waals surface area contributed by atoms with E-state index in [0.29, 0.717) is 16.9 Å². The van der Waals surface area contributed by atoms with Crippen LogP contribution < -0.4 is 5.32 Å². The van der Waals surface area contributed by atoms with Crippen molar-refractivity contribution in [2.24, 2.45) is 0 Å². The summed E-state index contributed by atoms with van der Waals surface area (Å²) in [6, 6.07) is 12.4. The molecule has 0 aliphatic rings. The molecule has 0 saturated carbocycles. The molecule has 0 saturated heterocycles. The predicted octanol–water partition coefficient (Wildman–Crippen LogP) is 5.33. The van der Waals surface area contributed by atoms with E-state index < -0.39 is 16.5 Å². The number of hydrogen-bond acceptors (Lipinski definition) is 4. The molecular formula is C18H20Br2N2O3. The average molecular weight is 472 g/mol. The first-order valence-corrected chi connectivity index (χ1v) is 8.37. The summed E-state index contributed by atoms with van der Waals surface area (Å²) < 4.78 is 5.19. The van der Waals surface area contributed by atoms with Gasteiger partial charge < -0.3 is 4.74 Å². The highest BCUT2D eigenvalue weighted by molar-refractivity contribution is 9.09. The Morgan fingerprint density at radius 2 is 1.80 bits per heavy atom. The van der Waals surface area contributed by atoms with E-state index in [-0.39, 0.29) is 22.8 Å². The molecule has 1 atom stereocenters. The van der Waals surface area contributed by atoms with E-state index in [9.17, 15) is 9.59 Å². The lowest BCUT2D eigenvalue weighted by molar-refractivity contribution is 0.0635. The number of amides is 1. The van der Waals surface area contributed by atoms with Gasteiger partial charge in [0.2, 0.25) is 0 Å². The summed E-state index contributed by atoms with van der Waals surface area (Å²) in [7, 11) is 0. The summed E-state index contributed by atoms with van der Waals surface area (Å²) in [5.41, 5.74) is 0.714. The van der Waals surface area contributed by atoms with Crippen LogP contribution in [0, 0.1) is 0 Å². The van der Waals surface area contributed by atoms with E-state index in [4.69, 9.17) is 4.74 Å². The normalized spacial score (nSPS) is 11.8. The molecule has 1 aromatic carbocycles. The molecule has 0 aliphatic carbocycles. The van der Waals surface area contributed by atoms with Gasteiger partial charge in [0.1, 0.15) is 16.2 Å². The summed E-state index contributed by atoms with van der Waals surface area (Å²) in [6.07, 6.45) is 0.946. The van der Waals surface area contributed by atoms with Crippen LogP contribution in [0.4, 0.5) is 10.6 Å². The van der Waals surface area contributed by atoms with Crippen molar-refractivity contribution in [1.29, 1.82) is 0 Å². The topological polar surface area (TPSA) is 68.3 Å². The lowest BCUT2D eigenvalue weighted by Gasteiger charge is -2.19. The first-order valence-electron chi connectivity index (χ1n) is 7.45. The Bertz CT molecular complexity index is 731. The number of alkyl halides is 1. The fraction of sp³-hybridized carbons (Fsp3) is 0.278. The molecule has 134 valence electrons. The maximum absolute atomic E-state index is 12.5. The van der Waals surface area contributed by atoms with Crippen LogP contribution in [0.25, 0.3) is 0 Å². The number of aromatic nitrogens is 1. The summed E-state index contributed by atoms with van der Waals surface area (Å²) in [4.78, 5) is 27.9. The number of nitrogens with one attached hydrogen (secondary N) is 1. The van der Waals surface area contributed by atoms with Crippen LogP contribution in [0.1, 0.15) is 41.5 Å². The van der Waals surface area contributed by atoms with Crippen molar-refractivity contribution in [3.05, 3.63) is 59.8 Å². The van der Waals surface area contributed by atoms with Gasteiger partial charge in [0.05, 0.1) is 0 Å². The Hall–Kier alpha value is -1.73. The largest absolute Gasteiger partial charge is 0.444 e. The Labute approximate surface area is 166 Å². The number of benzene rings is 1. The maximum Gasteiger partial charge on any atom is 0.413 e. The van der Waals surface area contributed by atoms with Gasteiger partial charge in [-0.3, -0.25) is 10.1 Å². The van der Waals surface area contributed by atoms with Crippen molar-refractivity contribution in [1.82, 2.24) is 4.98 Å². The number of halogens is 2. The van der Waals surface area contributed by atoms with Crippen molar-refractivity contribution in [3.8, 4) is 0 Å². The molecule has 2 rings (SSSR count). The monoisotopic (exact) mass is 470 g/mol. The number of ether oxygens (including phenoxy) is 1. The maximum atomic E-state index is 12.5. The highest BCUT2D eigenvalue weighted by atomic mass is 79.9. The summed E-state index contributed by atoms with van der Waals surface area (Å²) in [5.74, 6) is 0.261. The third-order valence-corrected chi connectivity index (χ3v) is 3.94. The Morgan fingerprint density at radius 1 is 1.16 bits per heavy atom. The van der Waals surface area contributed by atoms with Gasteiger partial charge in [-0.1, -0.05) is 46.3 Å². The van der Waals surface area contributed by atoms with Gasteiger partial charge >= 0.3 is 6.09 Å². The van der Waals surface area contributed by atoms with Crippen LogP contribution in [0.15, 0.2) is 48.7 Å². The number of carbonyl (C=O) groups excluding carboxylic acids is 2. The molecule has 1 N–H and O–H groups in total. The number of Topliss-reactive ketones (excluding diaryl/α,β-unsaturated/α-hetero) is 1. The van der Waals surface area contributed by atoms with Crippen LogP contribution in [-0.4, -0.2) is 22.5 Å². The standard InChI is InChI=1S/C18H19BrN2O3.BrH/c1-18(2,3)24-17(23)21-14-11-13(9-10-20-14)15(19)16(22)12-7-5-4-6-8-12;/h4-11,15H,1-3H3,(H,20,21,23);1H. The van der Waals surface area contributed by atoms with Crippen LogP contribution in [-0.2, 0) is 4.74 Å². The lowest BCUT2D eigenvalue weighted by Crippen LogP contribution is -2.27. The molecule has 1 aromatic heterocycles. The zero-order valence-electron chi connectivity index (χ0n) is 14.2. The van der Waals surface area contributed by atoms with Gasteiger partial charge in [0, 0.05) is 11.8 Å². The molecule has 5 nitrogen and oxygen atoms in total. The van der Waals surface area contributed by atoms with Crippen molar-refractivity contribution < 1.29 is 14.3 Å². The average Bonchev–Trinajstić information content (AvgIpc) is 2.52. The van der Waals surface area contributed by atoms with Gasteiger partial charge in [0.25, 0.3) is 0 Å². The zero-order valence-corrected chi connectivity index (χ0v) is 17.5. The Balaban J connectivity index is 0.00000312. The van der Waals surface area contributed by atoms with Gasteiger partial charge in [-0.25, -0.2) is 9.78 Å². The molecule has 1 amide bonds. The Kier molecular flexibility index (Phi) is 7.76. The molecule has 0 fully saturated rings. The number of nitrogens with zero attached hydrogens (tertiary/aromatic N) is 1. The number of ketones is 1. The minimum atomic E-state index is -0.594. The lowest BCUT2D eigenvalue weighted by atomic mass is 10.0. The quantitative estimate of drug-likeness (QED) is 0.483. The minimum absolute atomic E-state index is 0. The Morgan fingerprint density at radius 3 is 2.40 bits per heavy atom. The van der Waals surface area contributed by atoms with Crippen LogP contribution >= 0.6 is 32.9 Å². The minimum Gasteiger partial charge on any atom is -0.444 e. The third kappa shape index (κ3) is 6.59. The van der Waals surface area contributed by atoms with Gasteiger partial charge in [-0.2, -0.15) is 0 Å². The molecule has 0 aliphatic heterocycles. The second kappa shape index (κ2) is 9.10. The van der Waals surface area contributed by atoms with Crippen LogP contribution in [0.3, 0.4) is 0 Å². The molecule has 0 radical (unpaired) electrons. The highest BCUT2D eigenvalue weighted by Gasteiger charge is 2.20. The number of anilines is 1. The van der Waals surface area contributed by atoms with E-state index in [0.717, 1.165) is 0 Å². The molecule has 25 heavy (non-hydrogen) atoms. The number of rotatable bonds is 4. The van der Waals surface area contributed by atoms with Crippen LogP contribution in [0.2, 0.25) is 0 Å². The molecule has 0 spiro atoms. The fourth-order valence-electron chi connectivity index (χ4n) is 1.98. The van der Waals surface area contributed by atoms with E-state index in [1.807, 2.05) is 18.2 Å². The van der Waals surface area contributed by atoms with Crippen molar-refractivity contribution in [3.63, 3.8) is 0 Å². The molecule has 2 aromatic rings. The second-order valence-electron chi connectivity index (χ2n) is 6.19. The van der Waals surface area contributed by atoms with E-state index >= 15 is 0 Å². The number of pyridine rings is 1. The van der Waals surface area contributed by atoms with Crippen molar-refractivity contribution in [2.45, 2.75) is 31.2 Å². The van der Waals surface area contributed by atoms with Gasteiger partial charge in [-0.05, 0) is 38.5 Å². The van der Waals surface area contributed by atoms with Crippen molar-refractivity contribution >= 4 is 50.6 Å². The SMILES string of the molecule is Br.CC(C)(C)OC(=O)Nc1cc(C(Br)C(=O)c2ccccc2)ccn1. The van der Waals surface area contributed by atoms with E-state index in [1.54, 1.807) is 45.0 Å². The second-order valence-corrected chi connectivity index (χ2v) is 7.11. The molecular weight excluding hydrogens is 452 g/mol. The number of hydrogen-bond donors (Lipinski definition) is 1. The highest BCUT2D eigenvalue weighted by Crippen LogP contribution is 2.28. The molecule has 7 heteroatoms. The smallest absolute Gasteiger partial charge is 0.413 e. The molecule has 0 bridgehead atoms. The van der Waals surface area contributed by atoms with Crippen LogP contribution in [0.5, 0.6) is 0 Å². The molecule has 1 heterocycles. The summed E-state index contributed by atoms with van der Waals surface area (Å²) >= 11 is 3.42. The van der Waals surface area contributed by atoms with Crippen molar-refractivity contribution in [2.75, 3.05) is 5.32 Å². The van der Waals surface area contributed by atoms with Gasteiger partial charge in [-0.15, -0.1) is 17.0 Å². The molecule has 1 unspecified atom stereocenters. The number of carbonyl (C=O) groups is 2. The summed E-state index contributed by atoms with van der Waals surface area (Å²) in [5, 5.41) is 2.57. The van der Waals surface area contributed by atoms with E-state index in [2.05, 4.69) is 26.2 Å². The first-order chi connectivity index (χ1) is 11.3. The zero-order chi connectivity index (χ0) is 17.7. The van der Waals surface area contributed by atoms with E-state index in [1.165, 1.54) is 6.20 Å². The third-order valence-electron chi connectivity index (χ3n) is 2.99. The fourth-order valence-corrected chi connectivity index (χ4v) is 2.53. The first kappa shape index (κ1) is 21.3.